The van der Waals surface area contributed by atoms with Crippen molar-refractivity contribution >= 4 is 21.9 Å². The molecule has 0 spiro atoms. The highest BCUT2D eigenvalue weighted by Gasteiger charge is 2.18. The molecule has 4 nitrogen and oxygen atoms in total. The molecule has 0 aliphatic carbocycles. The highest BCUT2D eigenvalue weighted by atomic mass is 79.9. The number of hydrogen-bond acceptors (Lipinski definition) is 3. The number of carbonyl (C=O) groups excluding carboxylic acids is 1. The van der Waals surface area contributed by atoms with Crippen LogP contribution in [0, 0.1) is 13.8 Å². The first kappa shape index (κ1) is 15.8. The average molecular weight is 351 g/mol. The summed E-state index contributed by atoms with van der Waals surface area (Å²) >= 11 is 3.44. The Bertz CT molecular complexity index is 647. The molecule has 112 valence electrons. The number of methoxy groups -OCH3 is 1. The van der Waals surface area contributed by atoms with Gasteiger partial charge in [0, 0.05) is 28.0 Å². The molecule has 2 aromatic rings. The number of rotatable bonds is 4. The number of halogens is 1. The van der Waals surface area contributed by atoms with E-state index in [1.165, 1.54) is 7.11 Å². The van der Waals surface area contributed by atoms with Gasteiger partial charge < -0.3 is 15.0 Å². The average Bonchev–Trinajstić information content (AvgIpc) is 2.74. The van der Waals surface area contributed by atoms with E-state index >= 15 is 0 Å². The molecule has 0 saturated heterocycles. The maximum atomic E-state index is 11.5. The van der Waals surface area contributed by atoms with Crippen LogP contribution in [0.5, 0.6) is 0 Å². The molecule has 0 amide bonds. The largest absolute Gasteiger partial charge is 0.468 e. The van der Waals surface area contributed by atoms with Crippen molar-refractivity contribution in [3.8, 4) is 5.69 Å². The Morgan fingerprint density at radius 1 is 1.33 bits per heavy atom. The number of carbonyl (C=O) groups is 1. The Balaban J connectivity index is 2.33. The number of nitrogens with zero attached hydrogens (tertiary/aromatic N) is 1. The van der Waals surface area contributed by atoms with Crippen LogP contribution in [0.2, 0.25) is 0 Å². The fraction of sp³-hybridized carbons (Fsp3) is 0.312. The molecule has 0 bridgehead atoms. The van der Waals surface area contributed by atoms with Crippen LogP contribution in [0.4, 0.5) is 0 Å². The minimum absolute atomic E-state index is 0.386. The Hall–Kier alpha value is -1.59. The lowest BCUT2D eigenvalue weighted by atomic mass is 10.1. The van der Waals surface area contributed by atoms with E-state index in [-0.39, 0.29) is 5.97 Å². The number of ether oxygens (including phenoxy) is 1. The molecular formula is C16H19BrN2O2. The Labute approximate surface area is 133 Å². The summed E-state index contributed by atoms with van der Waals surface area (Å²) in [6.45, 7) is 4.08. The topological polar surface area (TPSA) is 57.2 Å². The predicted molar refractivity (Wildman–Crippen MR) is 86.6 cm³/mol. The summed E-state index contributed by atoms with van der Waals surface area (Å²) in [6, 6.07) is 9.55. The molecule has 2 N–H and O–H groups in total. The van der Waals surface area contributed by atoms with Gasteiger partial charge in [-0.3, -0.25) is 4.79 Å². The minimum Gasteiger partial charge on any atom is -0.468 e. The van der Waals surface area contributed by atoms with Crippen LogP contribution in [0.15, 0.2) is 34.8 Å². The molecule has 2 rings (SSSR count). The molecule has 1 aromatic heterocycles. The standard InChI is InChI=1S/C16H19BrN2O2/c1-10-8-12(9-15(18)16(20)21-3)11(2)19(10)14-6-4-13(17)5-7-14/h4-8,15H,9,18H2,1-3H3. The number of aryl methyl sites for hydroxylation is 1. The third-order valence-corrected chi connectivity index (χ3v) is 4.09. The van der Waals surface area contributed by atoms with Gasteiger partial charge in [-0.05, 0) is 49.7 Å². The van der Waals surface area contributed by atoms with Crippen molar-refractivity contribution in [1.29, 1.82) is 0 Å². The summed E-state index contributed by atoms with van der Waals surface area (Å²) in [4.78, 5) is 11.5. The predicted octanol–water partition coefficient (Wildman–Crippen LogP) is 2.90. The molecule has 1 unspecified atom stereocenters. The molecule has 1 aromatic carbocycles. The maximum Gasteiger partial charge on any atom is 0.322 e. The third-order valence-electron chi connectivity index (χ3n) is 3.56. The first-order chi connectivity index (χ1) is 9.93. The number of aromatic nitrogens is 1. The Kier molecular flexibility index (Phi) is 4.85. The molecular weight excluding hydrogens is 332 g/mol. The van der Waals surface area contributed by atoms with E-state index in [0.717, 1.165) is 27.1 Å². The molecule has 0 saturated carbocycles. The number of benzene rings is 1. The summed E-state index contributed by atoms with van der Waals surface area (Å²) in [5.74, 6) is -0.386. The highest BCUT2D eigenvalue weighted by Crippen LogP contribution is 2.23. The monoisotopic (exact) mass is 350 g/mol. The Morgan fingerprint density at radius 2 is 1.95 bits per heavy atom. The first-order valence-electron chi connectivity index (χ1n) is 6.71. The van der Waals surface area contributed by atoms with E-state index in [2.05, 4.69) is 31.3 Å². The van der Waals surface area contributed by atoms with Crippen molar-refractivity contribution in [3.63, 3.8) is 0 Å². The van der Waals surface area contributed by atoms with Crippen LogP contribution < -0.4 is 5.73 Å². The lowest BCUT2D eigenvalue weighted by Crippen LogP contribution is -2.33. The summed E-state index contributed by atoms with van der Waals surface area (Å²) in [6.07, 6.45) is 0.475. The van der Waals surface area contributed by atoms with Crippen LogP contribution in [0.25, 0.3) is 5.69 Å². The molecule has 0 aliphatic heterocycles. The normalized spacial score (nSPS) is 12.2. The van der Waals surface area contributed by atoms with Gasteiger partial charge in [-0.15, -0.1) is 0 Å². The lowest BCUT2D eigenvalue weighted by Gasteiger charge is -2.12. The van der Waals surface area contributed by atoms with Crippen molar-refractivity contribution in [2.24, 2.45) is 5.73 Å². The van der Waals surface area contributed by atoms with Gasteiger partial charge in [0.15, 0.2) is 0 Å². The van der Waals surface area contributed by atoms with Gasteiger partial charge in [0.2, 0.25) is 0 Å². The van der Waals surface area contributed by atoms with Crippen LogP contribution in [-0.2, 0) is 16.0 Å². The zero-order chi connectivity index (χ0) is 15.6. The number of esters is 1. The summed E-state index contributed by atoms with van der Waals surface area (Å²) < 4.78 is 7.88. The second-order valence-electron chi connectivity index (χ2n) is 5.04. The SMILES string of the molecule is COC(=O)C(N)Cc1cc(C)n(-c2ccc(Br)cc2)c1C. The van der Waals surface area contributed by atoms with Gasteiger partial charge in [-0.1, -0.05) is 15.9 Å². The molecule has 1 atom stereocenters. The van der Waals surface area contributed by atoms with E-state index in [1.807, 2.05) is 38.1 Å². The molecule has 5 heteroatoms. The fourth-order valence-corrected chi connectivity index (χ4v) is 2.76. The maximum absolute atomic E-state index is 11.5. The lowest BCUT2D eigenvalue weighted by molar-refractivity contribution is -0.142. The molecule has 21 heavy (non-hydrogen) atoms. The quantitative estimate of drug-likeness (QED) is 0.862. The molecule has 0 fully saturated rings. The summed E-state index contributed by atoms with van der Waals surface area (Å²) in [7, 11) is 1.35. The van der Waals surface area contributed by atoms with E-state index in [4.69, 9.17) is 5.73 Å². The number of hydrogen-bond donors (Lipinski definition) is 1. The van der Waals surface area contributed by atoms with Crippen LogP contribution in [-0.4, -0.2) is 23.7 Å². The van der Waals surface area contributed by atoms with Gasteiger partial charge in [0.25, 0.3) is 0 Å². The van der Waals surface area contributed by atoms with Gasteiger partial charge in [-0.25, -0.2) is 0 Å². The van der Waals surface area contributed by atoms with Gasteiger partial charge in [-0.2, -0.15) is 0 Å². The second-order valence-corrected chi connectivity index (χ2v) is 5.96. The zero-order valence-corrected chi connectivity index (χ0v) is 14.0. The molecule has 1 heterocycles. The van der Waals surface area contributed by atoms with Crippen molar-refractivity contribution in [1.82, 2.24) is 4.57 Å². The van der Waals surface area contributed by atoms with Gasteiger partial charge in [0.05, 0.1) is 7.11 Å². The van der Waals surface area contributed by atoms with Crippen molar-refractivity contribution in [2.75, 3.05) is 7.11 Å². The first-order valence-corrected chi connectivity index (χ1v) is 7.50. The van der Waals surface area contributed by atoms with Crippen molar-refractivity contribution in [2.45, 2.75) is 26.3 Å². The van der Waals surface area contributed by atoms with E-state index in [1.54, 1.807) is 0 Å². The van der Waals surface area contributed by atoms with Crippen LogP contribution in [0.3, 0.4) is 0 Å². The minimum atomic E-state index is -0.631. The van der Waals surface area contributed by atoms with Crippen LogP contribution >= 0.6 is 15.9 Å². The van der Waals surface area contributed by atoms with Gasteiger partial charge in [0.1, 0.15) is 6.04 Å². The summed E-state index contributed by atoms with van der Waals surface area (Å²) in [5.41, 5.74) is 10.2. The molecule has 0 radical (unpaired) electrons. The number of nitrogens with two attached hydrogens (primary N) is 1. The highest BCUT2D eigenvalue weighted by molar-refractivity contribution is 9.10. The summed E-state index contributed by atoms with van der Waals surface area (Å²) in [5, 5.41) is 0. The third kappa shape index (κ3) is 3.36. The Morgan fingerprint density at radius 3 is 2.52 bits per heavy atom. The van der Waals surface area contributed by atoms with E-state index < -0.39 is 6.04 Å². The fourth-order valence-electron chi connectivity index (χ4n) is 2.49. The zero-order valence-electron chi connectivity index (χ0n) is 12.4. The second kappa shape index (κ2) is 6.45. The molecule has 0 aliphatic rings. The van der Waals surface area contributed by atoms with Crippen LogP contribution in [0.1, 0.15) is 17.0 Å². The van der Waals surface area contributed by atoms with E-state index in [9.17, 15) is 4.79 Å². The van der Waals surface area contributed by atoms with E-state index in [0.29, 0.717) is 6.42 Å². The van der Waals surface area contributed by atoms with Crippen molar-refractivity contribution in [3.05, 3.63) is 51.8 Å². The van der Waals surface area contributed by atoms with Gasteiger partial charge >= 0.3 is 5.97 Å². The smallest absolute Gasteiger partial charge is 0.322 e. The van der Waals surface area contributed by atoms with Crippen molar-refractivity contribution < 1.29 is 9.53 Å².